The van der Waals surface area contributed by atoms with E-state index >= 15 is 0 Å². The predicted octanol–water partition coefficient (Wildman–Crippen LogP) is 1.60. The van der Waals surface area contributed by atoms with Crippen LogP contribution >= 0.6 is 0 Å². The van der Waals surface area contributed by atoms with Gasteiger partial charge in [-0.25, -0.2) is 0 Å². The molecule has 2 atom stereocenters. The summed E-state index contributed by atoms with van der Waals surface area (Å²) in [6.45, 7) is 3.84. The van der Waals surface area contributed by atoms with Crippen molar-refractivity contribution in [3.8, 4) is 0 Å². The van der Waals surface area contributed by atoms with E-state index in [4.69, 9.17) is 0 Å². The molecular formula is C16H23N3O. The van der Waals surface area contributed by atoms with Crippen LogP contribution in [0, 0.1) is 0 Å². The third kappa shape index (κ3) is 2.72. The average Bonchev–Trinajstić information content (AvgIpc) is 3.26. The van der Waals surface area contributed by atoms with Crippen molar-refractivity contribution >= 4 is 5.91 Å². The van der Waals surface area contributed by atoms with E-state index in [1.165, 1.54) is 12.8 Å². The summed E-state index contributed by atoms with van der Waals surface area (Å²) >= 11 is 0. The summed E-state index contributed by atoms with van der Waals surface area (Å²) < 4.78 is 0. The summed E-state index contributed by atoms with van der Waals surface area (Å²) in [5, 5.41) is 3.40. The lowest BCUT2D eigenvalue weighted by Crippen LogP contribution is -2.40. The van der Waals surface area contributed by atoms with E-state index in [0.29, 0.717) is 0 Å². The van der Waals surface area contributed by atoms with Gasteiger partial charge in [0.1, 0.15) is 6.04 Å². The minimum absolute atomic E-state index is 0.111. The summed E-state index contributed by atoms with van der Waals surface area (Å²) in [5.74, 6) is 0.202. The number of nitrogens with zero attached hydrogens (tertiary/aromatic N) is 2. The summed E-state index contributed by atoms with van der Waals surface area (Å²) in [4.78, 5) is 16.9. The van der Waals surface area contributed by atoms with Crippen LogP contribution < -0.4 is 5.32 Å². The molecule has 3 rings (SSSR count). The number of rotatable bonds is 5. The Hall–Kier alpha value is -1.39. The molecule has 2 aliphatic rings. The molecule has 1 aromatic rings. The lowest BCUT2D eigenvalue weighted by atomic mass is 10.1. The van der Waals surface area contributed by atoms with E-state index < -0.39 is 0 Å². The Bertz CT molecular complexity index is 472. The van der Waals surface area contributed by atoms with Crippen molar-refractivity contribution in [2.24, 2.45) is 0 Å². The van der Waals surface area contributed by atoms with Gasteiger partial charge in [0.25, 0.3) is 0 Å². The predicted molar refractivity (Wildman–Crippen MR) is 79.1 cm³/mol. The van der Waals surface area contributed by atoms with Crippen molar-refractivity contribution < 1.29 is 4.79 Å². The minimum Gasteiger partial charge on any atom is -0.324 e. The highest BCUT2D eigenvalue weighted by atomic mass is 16.2. The molecule has 0 spiro atoms. The third-order valence-electron chi connectivity index (χ3n) is 4.40. The van der Waals surface area contributed by atoms with Crippen molar-refractivity contribution in [1.29, 1.82) is 0 Å². The van der Waals surface area contributed by atoms with E-state index in [2.05, 4.69) is 24.2 Å². The van der Waals surface area contributed by atoms with Gasteiger partial charge >= 0.3 is 0 Å². The van der Waals surface area contributed by atoms with Crippen LogP contribution in [0.3, 0.4) is 0 Å². The lowest BCUT2D eigenvalue weighted by Gasteiger charge is -2.24. The van der Waals surface area contributed by atoms with Crippen molar-refractivity contribution in [1.82, 2.24) is 15.1 Å². The Balaban J connectivity index is 1.62. The number of carbonyl (C=O) groups is 1. The zero-order chi connectivity index (χ0) is 14.1. The minimum atomic E-state index is -0.183. The van der Waals surface area contributed by atoms with Gasteiger partial charge in [-0.3, -0.25) is 10.1 Å². The molecule has 1 amide bonds. The molecule has 1 N–H and O–H groups in total. The molecule has 0 radical (unpaired) electrons. The number of benzene rings is 1. The SMILES string of the molecule is CC1NC(c2ccccc2)C(=O)N1CCN(C)C1CC1. The second kappa shape index (κ2) is 5.54. The van der Waals surface area contributed by atoms with Crippen molar-refractivity contribution in [2.75, 3.05) is 20.1 Å². The van der Waals surface area contributed by atoms with Crippen LogP contribution in [0.15, 0.2) is 30.3 Å². The Labute approximate surface area is 120 Å². The Morgan fingerprint density at radius 2 is 2.00 bits per heavy atom. The standard InChI is InChI=1S/C16H23N3O/c1-12-17-15(13-6-4-3-5-7-13)16(20)19(12)11-10-18(2)14-8-9-14/h3-7,12,14-15,17H,8-11H2,1-2H3. The monoisotopic (exact) mass is 273 g/mol. The quantitative estimate of drug-likeness (QED) is 0.885. The molecule has 1 aromatic carbocycles. The fourth-order valence-corrected chi connectivity index (χ4v) is 2.91. The van der Waals surface area contributed by atoms with Gasteiger partial charge in [0.15, 0.2) is 0 Å². The second-order valence-corrected chi connectivity index (χ2v) is 5.93. The van der Waals surface area contributed by atoms with Crippen molar-refractivity contribution in [3.05, 3.63) is 35.9 Å². The van der Waals surface area contributed by atoms with Gasteiger partial charge in [0.05, 0.1) is 6.17 Å². The summed E-state index contributed by atoms with van der Waals surface area (Å²) in [7, 11) is 2.16. The van der Waals surface area contributed by atoms with E-state index in [1.807, 2.05) is 35.2 Å². The zero-order valence-corrected chi connectivity index (χ0v) is 12.2. The van der Waals surface area contributed by atoms with Crippen molar-refractivity contribution in [2.45, 2.75) is 38.0 Å². The van der Waals surface area contributed by atoms with E-state index in [0.717, 1.165) is 24.7 Å². The van der Waals surface area contributed by atoms with Crippen LogP contribution in [0.5, 0.6) is 0 Å². The first-order valence-electron chi connectivity index (χ1n) is 7.48. The number of hydrogen-bond donors (Lipinski definition) is 1. The molecule has 108 valence electrons. The van der Waals surface area contributed by atoms with Gasteiger partial charge in [-0.1, -0.05) is 30.3 Å². The molecule has 1 saturated heterocycles. The third-order valence-corrected chi connectivity index (χ3v) is 4.40. The maximum Gasteiger partial charge on any atom is 0.245 e. The van der Waals surface area contributed by atoms with E-state index in [9.17, 15) is 4.79 Å². The molecule has 2 fully saturated rings. The highest BCUT2D eigenvalue weighted by Gasteiger charge is 2.37. The van der Waals surface area contributed by atoms with E-state index in [-0.39, 0.29) is 18.1 Å². The molecule has 1 heterocycles. The summed E-state index contributed by atoms with van der Waals surface area (Å²) in [6.07, 6.45) is 2.73. The second-order valence-electron chi connectivity index (χ2n) is 5.93. The number of hydrogen-bond acceptors (Lipinski definition) is 3. The fraction of sp³-hybridized carbons (Fsp3) is 0.562. The molecule has 2 unspecified atom stereocenters. The van der Waals surface area contributed by atoms with Crippen LogP contribution in [-0.2, 0) is 4.79 Å². The molecule has 0 aromatic heterocycles. The maximum absolute atomic E-state index is 12.6. The first-order valence-corrected chi connectivity index (χ1v) is 7.48. The highest BCUT2D eigenvalue weighted by molar-refractivity contribution is 5.85. The zero-order valence-electron chi connectivity index (χ0n) is 12.2. The highest BCUT2D eigenvalue weighted by Crippen LogP contribution is 2.26. The fourth-order valence-electron chi connectivity index (χ4n) is 2.91. The van der Waals surface area contributed by atoms with Gasteiger partial charge in [-0.2, -0.15) is 0 Å². The molecule has 4 nitrogen and oxygen atoms in total. The number of likely N-dealkylation sites (N-methyl/N-ethyl adjacent to an activating group) is 1. The van der Waals surface area contributed by atoms with Gasteiger partial charge in [-0.15, -0.1) is 0 Å². The van der Waals surface area contributed by atoms with Gasteiger partial charge in [0.2, 0.25) is 5.91 Å². The van der Waals surface area contributed by atoms with Crippen molar-refractivity contribution in [3.63, 3.8) is 0 Å². The van der Waals surface area contributed by atoms with Gasteiger partial charge in [0, 0.05) is 19.1 Å². The molecule has 4 heteroatoms. The lowest BCUT2D eigenvalue weighted by molar-refractivity contribution is -0.130. The normalized spacial score (nSPS) is 26.6. The Morgan fingerprint density at radius 3 is 2.65 bits per heavy atom. The Morgan fingerprint density at radius 1 is 1.30 bits per heavy atom. The number of amides is 1. The molecule has 1 aliphatic heterocycles. The first-order chi connectivity index (χ1) is 9.66. The largest absolute Gasteiger partial charge is 0.324 e. The van der Waals surface area contributed by atoms with Gasteiger partial charge < -0.3 is 9.80 Å². The Kier molecular flexibility index (Phi) is 3.76. The summed E-state index contributed by atoms with van der Waals surface area (Å²) in [6, 6.07) is 10.5. The average molecular weight is 273 g/mol. The smallest absolute Gasteiger partial charge is 0.245 e. The van der Waals surface area contributed by atoms with Crippen LogP contribution in [-0.4, -0.2) is 48.1 Å². The number of carbonyl (C=O) groups excluding carboxylic acids is 1. The molecule has 1 saturated carbocycles. The molecule has 20 heavy (non-hydrogen) atoms. The summed E-state index contributed by atoms with van der Waals surface area (Å²) in [5.41, 5.74) is 1.06. The van der Waals surface area contributed by atoms with E-state index in [1.54, 1.807) is 0 Å². The number of nitrogens with one attached hydrogen (secondary N) is 1. The topological polar surface area (TPSA) is 35.6 Å². The maximum atomic E-state index is 12.6. The van der Waals surface area contributed by atoms with Crippen LogP contribution in [0.4, 0.5) is 0 Å². The molecule has 0 bridgehead atoms. The van der Waals surface area contributed by atoms with Crippen LogP contribution in [0.1, 0.15) is 31.4 Å². The molecular weight excluding hydrogens is 250 g/mol. The molecule has 1 aliphatic carbocycles. The van der Waals surface area contributed by atoms with Crippen LogP contribution in [0.25, 0.3) is 0 Å². The van der Waals surface area contributed by atoms with Crippen LogP contribution in [0.2, 0.25) is 0 Å². The van der Waals surface area contributed by atoms with Gasteiger partial charge in [-0.05, 0) is 32.4 Å². The first kappa shape index (κ1) is 13.6.